The summed E-state index contributed by atoms with van der Waals surface area (Å²) >= 11 is 7.30. The number of nitrogens with one attached hydrogen (secondary N) is 2. The van der Waals surface area contributed by atoms with E-state index in [2.05, 4.69) is 24.4 Å². The highest BCUT2D eigenvalue weighted by atomic mass is 35.5. The van der Waals surface area contributed by atoms with Crippen LogP contribution in [-0.2, 0) is 10.1 Å². The molecule has 0 atom stereocenters. The number of guanidine groups is 1. The van der Waals surface area contributed by atoms with Crippen molar-refractivity contribution in [3.8, 4) is 0 Å². The maximum Gasteiger partial charge on any atom is 0.294 e. The highest BCUT2D eigenvalue weighted by molar-refractivity contribution is 7.85. The number of rotatable bonds is 2. The summed E-state index contributed by atoms with van der Waals surface area (Å²) in [6, 6.07) is 9.65. The Balaban J connectivity index is 0.000000168. The van der Waals surface area contributed by atoms with Gasteiger partial charge in [-0.05, 0) is 31.2 Å². The van der Waals surface area contributed by atoms with Crippen LogP contribution in [0.1, 0.15) is 5.56 Å². The zero-order valence-corrected chi connectivity index (χ0v) is 16.6. The summed E-state index contributed by atoms with van der Waals surface area (Å²) in [5.74, 6) is 0.738. The Labute approximate surface area is 165 Å². The smallest absolute Gasteiger partial charge is 0.294 e. The average molecular weight is 426 g/mol. The number of benzene rings is 2. The first-order chi connectivity index (χ1) is 12.8. The maximum atomic E-state index is 10.5. The van der Waals surface area contributed by atoms with Gasteiger partial charge in [0.05, 0.1) is 33.9 Å². The Morgan fingerprint density at radius 3 is 2.56 bits per heavy atom. The molecule has 0 amide bonds. The lowest BCUT2D eigenvalue weighted by Crippen LogP contribution is -2.26. The molecule has 3 N–H and O–H groups in total. The van der Waals surface area contributed by atoms with Crippen molar-refractivity contribution < 1.29 is 13.0 Å². The van der Waals surface area contributed by atoms with Crippen LogP contribution < -0.4 is 10.6 Å². The molecule has 0 unspecified atom stereocenters. The molecule has 142 valence electrons. The fourth-order valence-electron chi connectivity index (χ4n) is 2.26. The van der Waals surface area contributed by atoms with Crippen LogP contribution in [0.4, 0.5) is 5.69 Å². The fourth-order valence-corrected chi connectivity index (χ4v) is 3.48. The zero-order chi connectivity index (χ0) is 19.4. The number of nitrogens with zero attached hydrogens (tertiary/aromatic N) is 3. The number of aryl methyl sites for hydroxylation is 1. The summed E-state index contributed by atoms with van der Waals surface area (Å²) in [5, 5.41) is 6.90. The molecule has 8 nitrogen and oxygen atoms in total. The van der Waals surface area contributed by atoms with Gasteiger partial charge in [-0.3, -0.25) is 9.55 Å². The first kappa shape index (κ1) is 19.5. The lowest BCUT2D eigenvalue weighted by Gasteiger charge is -2.08. The summed E-state index contributed by atoms with van der Waals surface area (Å²) < 4.78 is 37.9. The molecule has 0 bridgehead atoms. The monoisotopic (exact) mass is 425 g/mol. The normalized spacial score (nSPS) is 13.5. The molecule has 0 saturated carbocycles. The Bertz CT molecular complexity index is 1080. The molecule has 1 aromatic heterocycles. The van der Waals surface area contributed by atoms with E-state index in [1.807, 2.05) is 19.1 Å². The van der Waals surface area contributed by atoms with Gasteiger partial charge in [-0.1, -0.05) is 29.3 Å². The third kappa shape index (κ3) is 4.92. The number of aromatic nitrogens is 2. The van der Waals surface area contributed by atoms with Crippen LogP contribution in [0.15, 0.2) is 46.3 Å². The molecular formula is C16H16ClN5O3S2. The van der Waals surface area contributed by atoms with E-state index in [1.54, 1.807) is 12.1 Å². The van der Waals surface area contributed by atoms with Crippen molar-refractivity contribution in [2.24, 2.45) is 4.99 Å². The van der Waals surface area contributed by atoms with E-state index in [0.29, 0.717) is 5.02 Å². The molecule has 11 heteroatoms. The maximum absolute atomic E-state index is 10.5. The Morgan fingerprint density at radius 1 is 1.19 bits per heavy atom. The minimum atomic E-state index is -4.02. The molecule has 3 aromatic rings. The van der Waals surface area contributed by atoms with E-state index in [4.69, 9.17) is 16.2 Å². The summed E-state index contributed by atoms with van der Waals surface area (Å²) in [6.07, 6.45) is 0. The molecule has 0 fully saturated rings. The number of anilines is 1. The van der Waals surface area contributed by atoms with Gasteiger partial charge in [0.2, 0.25) is 0 Å². The average Bonchev–Trinajstić information content (AvgIpc) is 3.29. The van der Waals surface area contributed by atoms with Crippen LogP contribution >= 0.6 is 23.3 Å². The standard InChI is InChI=1S/C9H8ClN5S.C7H8O3S/c10-5-1-2-6-8(15-16-14-6)7(5)13-9-11-3-4-12-9;1-6-2-4-7(5-3-6)11(8,9)10/h1-2H,3-4H2,(H2,11,12,13);2-5H,1H3,(H,8,9,10). The molecule has 2 heterocycles. The summed E-state index contributed by atoms with van der Waals surface area (Å²) in [6.45, 7) is 3.48. The molecular weight excluding hydrogens is 410 g/mol. The second kappa shape index (κ2) is 8.17. The van der Waals surface area contributed by atoms with Gasteiger partial charge in [-0.2, -0.15) is 17.2 Å². The number of aliphatic imine (C=N–C) groups is 1. The molecule has 0 aliphatic carbocycles. The third-order valence-electron chi connectivity index (χ3n) is 3.61. The van der Waals surface area contributed by atoms with Gasteiger partial charge in [0.15, 0.2) is 5.96 Å². The number of fused-ring (bicyclic) bond motifs is 1. The van der Waals surface area contributed by atoms with E-state index < -0.39 is 10.1 Å². The van der Waals surface area contributed by atoms with Gasteiger partial charge < -0.3 is 10.6 Å². The van der Waals surface area contributed by atoms with E-state index in [-0.39, 0.29) is 4.90 Å². The Kier molecular flexibility index (Phi) is 5.90. The van der Waals surface area contributed by atoms with E-state index in [1.165, 1.54) is 23.9 Å². The van der Waals surface area contributed by atoms with Crippen LogP contribution in [-0.4, -0.2) is 40.8 Å². The highest BCUT2D eigenvalue weighted by Crippen LogP contribution is 2.29. The molecule has 1 aliphatic heterocycles. The van der Waals surface area contributed by atoms with Crippen molar-refractivity contribution in [3.05, 3.63) is 47.0 Å². The van der Waals surface area contributed by atoms with Gasteiger partial charge in [0.1, 0.15) is 11.0 Å². The first-order valence-electron chi connectivity index (χ1n) is 7.85. The van der Waals surface area contributed by atoms with Crippen molar-refractivity contribution in [2.45, 2.75) is 11.8 Å². The van der Waals surface area contributed by atoms with Crippen LogP contribution in [0.25, 0.3) is 11.0 Å². The molecule has 4 rings (SSSR count). The van der Waals surface area contributed by atoms with Crippen molar-refractivity contribution in [2.75, 3.05) is 18.4 Å². The Hall–Kier alpha value is -2.27. The van der Waals surface area contributed by atoms with Crippen molar-refractivity contribution >= 4 is 56.1 Å². The van der Waals surface area contributed by atoms with Crippen molar-refractivity contribution in [1.82, 2.24) is 14.1 Å². The Morgan fingerprint density at radius 2 is 1.93 bits per heavy atom. The van der Waals surface area contributed by atoms with Crippen LogP contribution in [0.3, 0.4) is 0 Å². The molecule has 27 heavy (non-hydrogen) atoms. The van der Waals surface area contributed by atoms with E-state index >= 15 is 0 Å². The highest BCUT2D eigenvalue weighted by Gasteiger charge is 2.13. The number of halogens is 1. The van der Waals surface area contributed by atoms with Crippen molar-refractivity contribution in [1.29, 1.82) is 0 Å². The quantitative estimate of drug-likeness (QED) is 0.540. The summed E-state index contributed by atoms with van der Waals surface area (Å²) in [4.78, 5) is 4.19. The largest absolute Gasteiger partial charge is 0.354 e. The molecule has 0 spiro atoms. The van der Waals surface area contributed by atoms with Crippen LogP contribution in [0.5, 0.6) is 0 Å². The first-order valence-corrected chi connectivity index (χ1v) is 10.4. The second-order valence-electron chi connectivity index (χ2n) is 5.62. The zero-order valence-electron chi connectivity index (χ0n) is 14.2. The fraction of sp³-hybridized carbons (Fsp3) is 0.188. The minimum absolute atomic E-state index is 0.0666. The molecule has 0 saturated heterocycles. The summed E-state index contributed by atoms with van der Waals surface area (Å²) in [7, 11) is -4.02. The van der Waals surface area contributed by atoms with E-state index in [0.717, 1.165) is 41.3 Å². The van der Waals surface area contributed by atoms with Crippen LogP contribution in [0, 0.1) is 6.92 Å². The van der Waals surface area contributed by atoms with Gasteiger partial charge in [0, 0.05) is 6.54 Å². The van der Waals surface area contributed by atoms with Crippen LogP contribution in [0.2, 0.25) is 5.02 Å². The third-order valence-corrected chi connectivity index (χ3v) is 5.34. The van der Waals surface area contributed by atoms with Gasteiger partial charge in [0.25, 0.3) is 10.1 Å². The second-order valence-corrected chi connectivity index (χ2v) is 7.98. The lowest BCUT2D eigenvalue weighted by atomic mass is 10.2. The number of hydrogen-bond acceptors (Lipinski definition) is 8. The lowest BCUT2D eigenvalue weighted by molar-refractivity contribution is 0.483. The molecule has 1 aliphatic rings. The van der Waals surface area contributed by atoms with E-state index in [9.17, 15) is 8.42 Å². The number of hydrogen-bond donors (Lipinski definition) is 3. The minimum Gasteiger partial charge on any atom is -0.354 e. The van der Waals surface area contributed by atoms with Crippen molar-refractivity contribution in [3.63, 3.8) is 0 Å². The summed E-state index contributed by atoms with van der Waals surface area (Å²) in [5.41, 5.74) is 3.35. The molecule has 2 aromatic carbocycles. The van der Waals surface area contributed by atoms with Gasteiger partial charge >= 0.3 is 0 Å². The molecule has 0 radical (unpaired) electrons. The van der Waals surface area contributed by atoms with Gasteiger partial charge in [-0.25, -0.2) is 0 Å². The predicted octanol–water partition coefficient (Wildman–Crippen LogP) is 2.96. The predicted molar refractivity (Wildman–Crippen MR) is 107 cm³/mol. The topological polar surface area (TPSA) is 117 Å². The SMILES string of the molecule is Cc1ccc(S(=O)(=O)O)cc1.Clc1ccc2nsnc2c1NC1=NCCN1. The van der Waals surface area contributed by atoms with Gasteiger partial charge in [-0.15, -0.1) is 0 Å².